The number of nitrogens with zero attached hydrogens (tertiary/aromatic N) is 1. The largest absolute Gasteiger partial charge is 0.494 e. The first kappa shape index (κ1) is 25.3. The van der Waals surface area contributed by atoms with Crippen LogP contribution in [0.4, 0.5) is 10.8 Å². The molecule has 0 spiro atoms. The number of nitrogens with one attached hydrogen (secondary N) is 2. The fourth-order valence-corrected chi connectivity index (χ4v) is 4.67. The quantitative estimate of drug-likeness (QED) is 0.238. The number of carbonyl (C=O) groups excluding carboxylic acids is 2. The summed E-state index contributed by atoms with van der Waals surface area (Å²) in [4.78, 5) is 30.0. The van der Waals surface area contributed by atoms with E-state index in [1.165, 1.54) is 23.1 Å². The third-order valence-corrected chi connectivity index (χ3v) is 6.56. The zero-order chi connectivity index (χ0) is 25.2. The van der Waals surface area contributed by atoms with Crippen molar-refractivity contribution in [3.63, 3.8) is 0 Å². The van der Waals surface area contributed by atoms with Crippen LogP contribution in [0.3, 0.4) is 0 Å². The normalized spacial score (nSPS) is 10.5. The maximum absolute atomic E-state index is 12.5. The average Bonchev–Trinajstić information content (AvgIpc) is 3.36. The zero-order valence-electron chi connectivity index (χ0n) is 19.6. The van der Waals surface area contributed by atoms with Gasteiger partial charge < -0.3 is 20.1 Å². The molecule has 2 N–H and O–H groups in total. The first-order valence-corrected chi connectivity index (χ1v) is 13.1. The van der Waals surface area contributed by atoms with Crippen molar-refractivity contribution in [3.8, 4) is 22.8 Å². The Morgan fingerprint density at radius 1 is 0.889 bits per heavy atom. The Balaban J connectivity index is 1.24. The Morgan fingerprint density at radius 3 is 2.44 bits per heavy atom. The van der Waals surface area contributed by atoms with Crippen molar-refractivity contribution < 1.29 is 19.1 Å². The van der Waals surface area contributed by atoms with E-state index in [0.29, 0.717) is 23.2 Å². The molecule has 2 amide bonds. The van der Waals surface area contributed by atoms with E-state index < -0.39 is 0 Å². The SMILES string of the molecule is CCOc1ccc(-c2csc(NC(=O)CSc3cccc(NC(=O)COc4ccccc4)c3)n2)cc1. The second kappa shape index (κ2) is 12.8. The summed E-state index contributed by atoms with van der Waals surface area (Å²) in [6.45, 7) is 2.48. The fraction of sp³-hybridized carbons (Fsp3) is 0.148. The molecule has 0 saturated heterocycles. The van der Waals surface area contributed by atoms with Gasteiger partial charge in [-0.25, -0.2) is 4.98 Å². The number of benzene rings is 3. The minimum absolute atomic E-state index is 0.0871. The molecule has 3 aromatic carbocycles. The van der Waals surface area contributed by atoms with Crippen LogP contribution >= 0.6 is 23.1 Å². The summed E-state index contributed by atoms with van der Waals surface area (Å²) in [5.41, 5.74) is 2.39. The standard InChI is InChI=1S/C27H25N3O4S2/c1-2-33-22-13-11-19(12-14-22)24-17-36-27(29-24)30-26(32)18-35-23-10-6-7-20(15-23)28-25(31)16-34-21-8-4-3-5-9-21/h3-15,17H,2,16,18H2,1H3,(H,28,31)(H,29,30,32). The van der Waals surface area contributed by atoms with Gasteiger partial charge in [0.05, 0.1) is 18.1 Å². The van der Waals surface area contributed by atoms with Crippen molar-refractivity contribution in [1.82, 2.24) is 4.98 Å². The molecule has 7 nitrogen and oxygen atoms in total. The summed E-state index contributed by atoms with van der Waals surface area (Å²) in [5, 5.41) is 8.12. The third kappa shape index (κ3) is 7.59. The molecule has 9 heteroatoms. The van der Waals surface area contributed by atoms with Crippen molar-refractivity contribution in [3.05, 3.63) is 84.2 Å². The Kier molecular flexibility index (Phi) is 8.96. The van der Waals surface area contributed by atoms with E-state index in [2.05, 4.69) is 15.6 Å². The summed E-state index contributed by atoms with van der Waals surface area (Å²) in [7, 11) is 0. The van der Waals surface area contributed by atoms with Gasteiger partial charge in [-0.1, -0.05) is 24.3 Å². The minimum atomic E-state index is -0.258. The smallest absolute Gasteiger partial charge is 0.262 e. The van der Waals surface area contributed by atoms with Crippen LogP contribution in [0.25, 0.3) is 11.3 Å². The number of amides is 2. The van der Waals surface area contributed by atoms with Gasteiger partial charge >= 0.3 is 0 Å². The van der Waals surface area contributed by atoms with Crippen LogP contribution in [-0.2, 0) is 9.59 Å². The van der Waals surface area contributed by atoms with Gasteiger partial charge in [-0.15, -0.1) is 23.1 Å². The molecule has 0 fully saturated rings. The molecule has 0 aliphatic rings. The lowest BCUT2D eigenvalue weighted by atomic mass is 10.2. The zero-order valence-corrected chi connectivity index (χ0v) is 21.2. The molecular formula is C27H25N3O4S2. The van der Waals surface area contributed by atoms with Crippen LogP contribution in [0.1, 0.15) is 6.92 Å². The van der Waals surface area contributed by atoms with Crippen LogP contribution in [0.5, 0.6) is 11.5 Å². The number of thiazole rings is 1. The second-order valence-electron chi connectivity index (χ2n) is 7.51. The van der Waals surface area contributed by atoms with Crippen molar-refractivity contribution in [1.29, 1.82) is 0 Å². The molecule has 0 radical (unpaired) electrons. The predicted octanol–water partition coefficient (Wildman–Crippen LogP) is 5.96. The molecule has 0 aliphatic heterocycles. The van der Waals surface area contributed by atoms with Gasteiger partial charge in [0.15, 0.2) is 11.7 Å². The lowest BCUT2D eigenvalue weighted by Crippen LogP contribution is -2.20. The molecule has 1 aromatic heterocycles. The van der Waals surface area contributed by atoms with Crippen LogP contribution < -0.4 is 20.1 Å². The van der Waals surface area contributed by atoms with Crippen molar-refractivity contribution in [2.75, 3.05) is 29.6 Å². The van der Waals surface area contributed by atoms with Crippen LogP contribution in [0, 0.1) is 0 Å². The highest BCUT2D eigenvalue weighted by Gasteiger charge is 2.10. The summed E-state index contributed by atoms with van der Waals surface area (Å²) in [6, 6.07) is 24.2. The Morgan fingerprint density at radius 2 is 1.67 bits per heavy atom. The lowest BCUT2D eigenvalue weighted by Gasteiger charge is -2.09. The first-order valence-electron chi connectivity index (χ1n) is 11.3. The molecule has 0 bridgehead atoms. The monoisotopic (exact) mass is 519 g/mol. The number of aromatic nitrogens is 1. The van der Waals surface area contributed by atoms with Crippen molar-refractivity contribution >= 4 is 45.7 Å². The molecule has 0 unspecified atom stereocenters. The molecule has 0 aliphatic carbocycles. The maximum Gasteiger partial charge on any atom is 0.262 e. The summed E-state index contributed by atoms with van der Waals surface area (Å²) in [5.74, 6) is 1.25. The number of thioether (sulfide) groups is 1. The number of rotatable bonds is 11. The van der Waals surface area contributed by atoms with E-state index in [9.17, 15) is 9.59 Å². The molecule has 36 heavy (non-hydrogen) atoms. The van der Waals surface area contributed by atoms with Crippen molar-refractivity contribution in [2.24, 2.45) is 0 Å². The molecule has 184 valence electrons. The number of para-hydroxylation sites is 1. The predicted molar refractivity (Wildman–Crippen MR) is 145 cm³/mol. The number of hydrogen-bond donors (Lipinski definition) is 2. The van der Waals surface area contributed by atoms with E-state index >= 15 is 0 Å². The second-order valence-corrected chi connectivity index (χ2v) is 9.42. The average molecular weight is 520 g/mol. The lowest BCUT2D eigenvalue weighted by molar-refractivity contribution is -0.118. The van der Waals surface area contributed by atoms with Gasteiger partial charge in [0.2, 0.25) is 5.91 Å². The third-order valence-electron chi connectivity index (χ3n) is 4.81. The van der Waals surface area contributed by atoms with E-state index in [1.54, 1.807) is 18.2 Å². The number of anilines is 2. The van der Waals surface area contributed by atoms with Crippen LogP contribution in [0.15, 0.2) is 89.1 Å². The highest BCUT2D eigenvalue weighted by Crippen LogP contribution is 2.27. The van der Waals surface area contributed by atoms with Gasteiger partial charge in [-0.2, -0.15) is 0 Å². The van der Waals surface area contributed by atoms with Gasteiger partial charge in [0, 0.05) is 21.5 Å². The maximum atomic E-state index is 12.5. The van der Waals surface area contributed by atoms with E-state index in [1.807, 2.05) is 73.0 Å². The minimum Gasteiger partial charge on any atom is -0.494 e. The topological polar surface area (TPSA) is 89.6 Å². The Bertz CT molecular complexity index is 1290. The van der Waals surface area contributed by atoms with Gasteiger partial charge in [-0.05, 0) is 61.5 Å². The van der Waals surface area contributed by atoms with Crippen LogP contribution in [0.2, 0.25) is 0 Å². The highest BCUT2D eigenvalue weighted by molar-refractivity contribution is 8.00. The van der Waals surface area contributed by atoms with Crippen molar-refractivity contribution in [2.45, 2.75) is 11.8 Å². The Hall–Kier alpha value is -3.82. The van der Waals surface area contributed by atoms with E-state index in [0.717, 1.165) is 21.9 Å². The number of carbonyl (C=O) groups is 2. The molecule has 0 saturated carbocycles. The molecule has 0 atom stereocenters. The summed E-state index contributed by atoms with van der Waals surface area (Å²) < 4.78 is 10.9. The van der Waals surface area contributed by atoms with E-state index in [4.69, 9.17) is 9.47 Å². The molecule has 1 heterocycles. The van der Waals surface area contributed by atoms with Crippen LogP contribution in [-0.4, -0.2) is 35.8 Å². The number of ether oxygens (including phenoxy) is 2. The highest BCUT2D eigenvalue weighted by atomic mass is 32.2. The molecular weight excluding hydrogens is 494 g/mol. The van der Waals surface area contributed by atoms with E-state index in [-0.39, 0.29) is 24.2 Å². The Labute approximate surface area is 217 Å². The summed E-state index contributed by atoms with van der Waals surface area (Å²) in [6.07, 6.45) is 0. The molecule has 4 aromatic rings. The first-order chi connectivity index (χ1) is 17.6. The number of hydrogen-bond acceptors (Lipinski definition) is 7. The van der Waals surface area contributed by atoms with Gasteiger partial charge in [0.1, 0.15) is 11.5 Å². The molecule has 4 rings (SSSR count). The summed E-state index contributed by atoms with van der Waals surface area (Å²) >= 11 is 2.76. The fourth-order valence-electron chi connectivity index (χ4n) is 3.18. The van der Waals surface area contributed by atoms with Gasteiger partial charge in [-0.3, -0.25) is 9.59 Å². The van der Waals surface area contributed by atoms with Gasteiger partial charge in [0.25, 0.3) is 5.91 Å².